The van der Waals surface area contributed by atoms with Crippen LogP contribution < -0.4 is 9.64 Å². The maximum Gasteiger partial charge on any atom is 0.222 e. The van der Waals surface area contributed by atoms with E-state index < -0.39 is 0 Å². The first-order valence-electron chi connectivity index (χ1n) is 10.7. The van der Waals surface area contributed by atoms with Crippen molar-refractivity contribution in [2.24, 2.45) is 0 Å². The van der Waals surface area contributed by atoms with Crippen molar-refractivity contribution in [2.45, 2.75) is 32.2 Å². The first-order valence-corrected chi connectivity index (χ1v) is 10.7. The van der Waals surface area contributed by atoms with E-state index in [2.05, 4.69) is 35.2 Å². The van der Waals surface area contributed by atoms with Gasteiger partial charge in [0.1, 0.15) is 11.5 Å². The summed E-state index contributed by atoms with van der Waals surface area (Å²) >= 11 is 0. The maximum atomic E-state index is 12.7. The molecule has 5 heteroatoms. The highest BCUT2D eigenvalue weighted by Crippen LogP contribution is 2.35. The zero-order valence-electron chi connectivity index (χ0n) is 18.9. The molecule has 0 aliphatic rings. The molecule has 164 valence electrons. The summed E-state index contributed by atoms with van der Waals surface area (Å²) in [5, 5.41) is 0. The minimum absolute atomic E-state index is 0.00873. The second-order valence-corrected chi connectivity index (χ2v) is 7.83. The Bertz CT molecular complexity index is 949. The lowest BCUT2D eigenvalue weighted by Crippen LogP contribution is -2.31. The number of para-hydroxylation sites is 1. The van der Waals surface area contributed by atoms with Gasteiger partial charge in [-0.3, -0.25) is 4.79 Å². The lowest BCUT2D eigenvalue weighted by Gasteiger charge is -2.26. The number of benzene rings is 2. The summed E-state index contributed by atoms with van der Waals surface area (Å²) < 4.78 is 11.4. The van der Waals surface area contributed by atoms with Gasteiger partial charge in [0.25, 0.3) is 0 Å². The normalized spacial score (nSPS) is 11.7. The predicted octanol–water partition coefficient (Wildman–Crippen LogP) is 5.32. The molecule has 3 rings (SSSR count). The van der Waals surface area contributed by atoms with E-state index >= 15 is 0 Å². The Morgan fingerprint density at radius 2 is 1.77 bits per heavy atom. The summed E-state index contributed by atoms with van der Waals surface area (Å²) in [7, 11) is 5.73. The summed E-state index contributed by atoms with van der Waals surface area (Å²) in [6.45, 7) is 3.14. The second kappa shape index (κ2) is 10.7. The van der Waals surface area contributed by atoms with Crippen molar-refractivity contribution < 1.29 is 13.9 Å². The largest absolute Gasteiger partial charge is 0.496 e. The summed E-state index contributed by atoms with van der Waals surface area (Å²) in [4.78, 5) is 16.7. The topological polar surface area (TPSA) is 45.9 Å². The van der Waals surface area contributed by atoms with E-state index in [0.717, 1.165) is 34.7 Å². The van der Waals surface area contributed by atoms with Crippen LogP contribution in [0.25, 0.3) is 0 Å². The molecule has 1 heterocycles. The van der Waals surface area contributed by atoms with Crippen LogP contribution in [0.5, 0.6) is 5.75 Å². The molecule has 1 aromatic heterocycles. The van der Waals surface area contributed by atoms with Crippen LogP contribution in [0.1, 0.15) is 42.6 Å². The Labute approximate surface area is 185 Å². The summed E-state index contributed by atoms with van der Waals surface area (Å²) in [5.41, 5.74) is 3.34. The molecule has 0 N–H and O–H groups in total. The van der Waals surface area contributed by atoms with Crippen LogP contribution in [-0.4, -0.2) is 38.6 Å². The molecular formula is C26H32N2O3. The highest BCUT2D eigenvalue weighted by molar-refractivity contribution is 5.75. The van der Waals surface area contributed by atoms with E-state index in [0.29, 0.717) is 19.5 Å². The molecule has 3 aromatic rings. The fraction of sp³-hybridized carbons (Fsp3) is 0.346. The molecule has 0 saturated heterocycles. The van der Waals surface area contributed by atoms with Crippen molar-refractivity contribution in [1.82, 2.24) is 4.90 Å². The fourth-order valence-electron chi connectivity index (χ4n) is 3.82. The molecule has 0 aliphatic heterocycles. The molecule has 31 heavy (non-hydrogen) atoms. The number of rotatable bonds is 10. The molecule has 0 spiro atoms. The molecule has 1 amide bonds. The number of anilines is 1. The number of ether oxygens (including phenoxy) is 1. The summed E-state index contributed by atoms with van der Waals surface area (Å²) in [6.07, 6.45) is 2.92. The molecule has 0 radical (unpaired) electrons. The van der Waals surface area contributed by atoms with Crippen LogP contribution in [0.4, 0.5) is 5.69 Å². The first kappa shape index (κ1) is 22.5. The second-order valence-electron chi connectivity index (χ2n) is 7.83. The van der Waals surface area contributed by atoms with E-state index in [9.17, 15) is 4.79 Å². The number of carbonyl (C=O) groups excluding carboxylic acids is 1. The zero-order valence-corrected chi connectivity index (χ0v) is 18.9. The van der Waals surface area contributed by atoms with Gasteiger partial charge in [-0.05, 0) is 42.3 Å². The van der Waals surface area contributed by atoms with E-state index in [4.69, 9.17) is 9.15 Å². The van der Waals surface area contributed by atoms with E-state index in [1.165, 1.54) is 0 Å². The molecule has 0 saturated carbocycles. The van der Waals surface area contributed by atoms with E-state index in [1.54, 1.807) is 13.4 Å². The van der Waals surface area contributed by atoms with Gasteiger partial charge in [-0.2, -0.15) is 0 Å². The zero-order chi connectivity index (χ0) is 22.2. The van der Waals surface area contributed by atoms with Crippen molar-refractivity contribution >= 4 is 11.6 Å². The Balaban J connectivity index is 1.80. The van der Waals surface area contributed by atoms with Crippen LogP contribution in [0.3, 0.4) is 0 Å². The minimum Gasteiger partial charge on any atom is -0.496 e. The van der Waals surface area contributed by atoms with Crippen LogP contribution in [0, 0.1) is 0 Å². The van der Waals surface area contributed by atoms with Gasteiger partial charge in [-0.25, -0.2) is 0 Å². The lowest BCUT2D eigenvalue weighted by atomic mass is 9.92. The van der Waals surface area contributed by atoms with Gasteiger partial charge in [0.05, 0.1) is 13.4 Å². The number of methoxy groups -OCH3 is 1. The van der Waals surface area contributed by atoms with Gasteiger partial charge in [-0.15, -0.1) is 0 Å². The smallest absolute Gasteiger partial charge is 0.222 e. The SMILES string of the molecule is CCC(=O)N(CC[C@@H](c1ccco1)c1ccccc1OC)Cc1ccc(N(C)C)cc1. The lowest BCUT2D eigenvalue weighted by molar-refractivity contribution is -0.131. The van der Waals surface area contributed by atoms with Gasteiger partial charge >= 0.3 is 0 Å². The fourth-order valence-corrected chi connectivity index (χ4v) is 3.82. The van der Waals surface area contributed by atoms with E-state index in [-0.39, 0.29) is 11.8 Å². The predicted molar refractivity (Wildman–Crippen MR) is 125 cm³/mol. The van der Waals surface area contributed by atoms with Crippen molar-refractivity contribution in [3.63, 3.8) is 0 Å². The van der Waals surface area contributed by atoms with Crippen LogP contribution >= 0.6 is 0 Å². The quantitative estimate of drug-likeness (QED) is 0.446. The average Bonchev–Trinajstić information content (AvgIpc) is 3.33. The Morgan fingerprint density at radius 3 is 2.39 bits per heavy atom. The molecule has 0 aliphatic carbocycles. The Hall–Kier alpha value is -3.21. The highest BCUT2D eigenvalue weighted by atomic mass is 16.5. The number of nitrogens with zero attached hydrogens (tertiary/aromatic N) is 2. The Kier molecular flexibility index (Phi) is 7.76. The molecule has 0 unspecified atom stereocenters. The first-order chi connectivity index (χ1) is 15.0. The minimum atomic E-state index is 0.00873. The average molecular weight is 421 g/mol. The molecule has 0 bridgehead atoms. The molecule has 1 atom stereocenters. The van der Waals surface area contributed by atoms with Crippen molar-refractivity contribution in [2.75, 3.05) is 32.6 Å². The molecule has 0 fully saturated rings. The summed E-state index contributed by atoms with van der Waals surface area (Å²) in [5.74, 6) is 1.87. The van der Waals surface area contributed by atoms with Gasteiger partial charge in [0.2, 0.25) is 5.91 Å². The number of carbonyl (C=O) groups is 1. The standard InChI is InChI=1S/C26H32N2O3/c1-5-26(29)28(19-20-12-14-21(15-13-20)27(2)3)17-16-23(25-11-8-18-31-25)22-9-6-7-10-24(22)30-4/h6-15,18,23H,5,16-17,19H2,1-4H3/t23-/m1/s1. The third kappa shape index (κ3) is 5.69. The van der Waals surface area contributed by atoms with Crippen LogP contribution in [0.15, 0.2) is 71.3 Å². The number of hydrogen-bond donors (Lipinski definition) is 0. The van der Waals surface area contributed by atoms with Gasteiger partial charge in [-0.1, -0.05) is 37.3 Å². The van der Waals surface area contributed by atoms with Gasteiger partial charge in [0.15, 0.2) is 0 Å². The number of amides is 1. The van der Waals surface area contributed by atoms with Gasteiger partial charge in [0, 0.05) is 50.8 Å². The number of hydrogen-bond acceptors (Lipinski definition) is 4. The van der Waals surface area contributed by atoms with Crippen molar-refractivity contribution in [1.29, 1.82) is 0 Å². The highest BCUT2D eigenvalue weighted by Gasteiger charge is 2.23. The molecule has 2 aromatic carbocycles. The van der Waals surface area contributed by atoms with Crippen LogP contribution in [0.2, 0.25) is 0 Å². The van der Waals surface area contributed by atoms with Gasteiger partial charge < -0.3 is 19.0 Å². The molecule has 5 nitrogen and oxygen atoms in total. The van der Waals surface area contributed by atoms with E-state index in [1.807, 2.05) is 56.3 Å². The third-order valence-corrected chi connectivity index (χ3v) is 5.57. The van der Waals surface area contributed by atoms with Crippen molar-refractivity contribution in [3.05, 3.63) is 83.8 Å². The molecular weight excluding hydrogens is 388 g/mol. The maximum absolute atomic E-state index is 12.7. The summed E-state index contributed by atoms with van der Waals surface area (Å²) in [6, 6.07) is 20.3. The number of furan rings is 1. The monoisotopic (exact) mass is 420 g/mol. The Morgan fingerprint density at radius 1 is 1.03 bits per heavy atom. The van der Waals surface area contributed by atoms with Crippen LogP contribution in [-0.2, 0) is 11.3 Å². The third-order valence-electron chi connectivity index (χ3n) is 5.57. The van der Waals surface area contributed by atoms with Crippen molar-refractivity contribution in [3.8, 4) is 5.75 Å².